The molecular formula is C13H18N2O2. The van der Waals surface area contributed by atoms with E-state index in [0.717, 1.165) is 23.7 Å². The molecule has 4 nitrogen and oxygen atoms in total. The molecule has 2 rings (SSSR count). The highest BCUT2D eigenvalue weighted by Gasteiger charge is 2.20. The molecule has 1 aromatic carbocycles. The van der Waals surface area contributed by atoms with Crippen LogP contribution >= 0.6 is 0 Å². The summed E-state index contributed by atoms with van der Waals surface area (Å²) in [4.78, 5) is 11.5. The van der Waals surface area contributed by atoms with Crippen molar-refractivity contribution in [2.75, 3.05) is 18.4 Å². The van der Waals surface area contributed by atoms with Crippen molar-refractivity contribution < 1.29 is 9.90 Å². The third-order valence-electron chi connectivity index (χ3n) is 2.84. The van der Waals surface area contributed by atoms with Crippen LogP contribution in [0.15, 0.2) is 24.3 Å². The molecule has 1 fully saturated rings. The van der Waals surface area contributed by atoms with E-state index >= 15 is 0 Å². The molecule has 17 heavy (non-hydrogen) atoms. The van der Waals surface area contributed by atoms with Crippen molar-refractivity contribution in [1.29, 1.82) is 0 Å². The highest BCUT2D eigenvalue weighted by Crippen LogP contribution is 2.27. The summed E-state index contributed by atoms with van der Waals surface area (Å²) in [6.45, 7) is 1.33. The molecule has 92 valence electrons. The lowest BCUT2D eigenvalue weighted by Crippen LogP contribution is -2.29. The van der Waals surface area contributed by atoms with Crippen LogP contribution in [0.1, 0.15) is 18.4 Å². The lowest BCUT2D eigenvalue weighted by molar-refractivity contribution is -0.115. The minimum absolute atomic E-state index is 0.0250. The van der Waals surface area contributed by atoms with E-state index in [1.807, 2.05) is 0 Å². The molecule has 0 saturated heterocycles. The topological polar surface area (TPSA) is 61.4 Å². The maximum Gasteiger partial charge on any atom is 0.238 e. The second kappa shape index (κ2) is 5.80. The van der Waals surface area contributed by atoms with E-state index in [9.17, 15) is 4.79 Å². The molecule has 0 spiro atoms. The van der Waals surface area contributed by atoms with Crippen LogP contribution in [-0.4, -0.2) is 24.1 Å². The van der Waals surface area contributed by atoms with Crippen LogP contribution in [-0.2, 0) is 11.4 Å². The van der Waals surface area contributed by atoms with Gasteiger partial charge in [0.25, 0.3) is 0 Å². The van der Waals surface area contributed by atoms with Gasteiger partial charge < -0.3 is 15.7 Å². The van der Waals surface area contributed by atoms with E-state index in [4.69, 9.17) is 5.11 Å². The fourth-order valence-corrected chi connectivity index (χ4v) is 1.61. The van der Waals surface area contributed by atoms with Gasteiger partial charge in [-0.05, 0) is 43.0 Å². The van der Waals surface area contributed by atoms with Gasteiger partial charge in [0.05, 0.1) is 13.2 Å². The highest BCUT2D eigenvalue weighted by atomic mass is 16.3. The maximum absolute atomic E-state index is 11.5. The van der Waals surface area contributed by atoms with E-state index in [1.54, 1.807) is 24.3 Å². The van der Waals surface area contributed by atoms with Crippen LogP contribution in [0.25, 0.3) is 0 Å². The number of nitrogens with one attached hydrogen (secondary N) is 2. The summed E-state index contributed by atoms with van der Waals surface area (Å²) in [6, 6.07) is 7.19. The van der Waals surface area contributed by atoms with Crippen LogP contribution < -0.4 is 10.6 Å². The fourth-order valence-electron chi connectivity index (χ4n) is 1.61. The molecule has 1 aliphatic rings. The summed E-state index contributed by atoms with van der Waals surface area (Å²) < 4.78 is 0. The Morgan fingerprint density at radius 1 is 1.29 bits per heavy atom. The lowest BCUT2D eigenvalue weighted by atomic mass is 10.2. The van der Waals surface area contributed by atoms with E-state index in [-0.39, 0.29) is 12.5 Å². The van der Waals surface area contributed by atoms with Gasteiger partial charge >= 0.3 is 0 Å². The van der Waals surface area contributed by atoms with Crippen LogP contribution in [0, 0.1) is 5.92 Å². The van der Waals surface area contributed by atoms with Crippen molar-refractivity contribution >= 4 is 11.6 Å². The molecule has 0 aliphatic heterocycles. The standard InChI is InChI=1S/C13H18N2O2/c16-9-11-3-5-12(6-4-11)15-13(17)8-14-7-10-1-2-10/h3-6,10,14,16H,1-2,7-9H2,(H,15,17). The summed E-state index contributed by atoms with van der Waals surface area (Å²) in [7, 11) is 0. The van der Waals surface area contributed by atoms with Gasteiger partial charge in [-0.1, -0.05) is 12.1 Å². The Kier molecular flexibility index (Phi) is 4.12. The molecule has 0 aromatic heterocycles. The van der Waals surface area contributed by atoms with E-state index in [2.05, 4.69) is 10.6 Å². The van der Waals surface area contributed by atoms with Crippen molar-refractivity contribution in [3.8, 4) is 0 Å². The van der Waals surface area contributed by atoms with Gasteiger partial charge in [-0.15, -0.1) is 0 Å². The molecule has 1 aliphatic carbocycles. The van der Waals surface area contributed by atoms with E-state index in [1.165, 1.54) is 12.8 Å². The Labute approximate surface area is 101 Å². The number of carbonyl (C=O) groups excluding carboxylic acids is 1. The van der Waals surface area contributed by atoms with Crippen LogP contribution in [0.4, 0.5) is 5.69 Å². The van der Waals surface area contributed by atoms with Gasteiger partial charge in [-0.25, -0.2) is 0 Å². The predicted octanol–water partition coefficient (Wildman–Crippen LogP) is 1.12. The summed E-state index contributed by atoms with van der Waals surface area (Å²) in [5, 5.41) is 14.8. The zero-order valence-corrected chi connectivity index (χ0v) is 9.78. The first kappa shape index (κ1) is 12.1. The second-order valence-corrected chi connectivity index (χ2v) is 4.48. The number of amides is 1. The van der Waals surface area contributed by atoms with Crippen molar-refractivity contribution in [2.45, 2.75) is 19.4 Å². The molecule has 0 heterocycles. The number of aliphatic hydroxyl groups excluding tert-OH is 1. The third kappa shape index (κ3) is 4.17. The van der Waals surface area contributed by atoms with Gasteiger partial charge in [0.2, 0.25) is 5.91 Å². The van der Waals surface area contributed by atoms with E-state index in [0.29, 0.717) is 6.54 Å². The van der Waals surface area contributed by atoms with Crippen molar-refractivity contribution in [3.63, 3.8) is 0 Å². The number of carbonyl (C=O) groups is 1. The second-order valence-electron chi connectivity index (χ2n) is 4.48. The third-order valence-corrected chi connectivity index (χ3v) is 2.84. The molecule has 1 saturated carbocycles. The summed E-state index contributed by atoms with van der Waals surface area (Å²) >= 11 is 0. The minimum Gasteiger partial charge on any atom is -0.392 e. The van der Waals surface area contributed by atoms with Crippen LogP contribution in [0.2, 0.25) is 0 Å². The molecule has 1 amide bonds. The predicted molar refractivity (Wildman–Crippen MR) is 66.6 cm³/mol. The first-order chi connectivity index (χ1) is 8.28. The van der Waals surface area contributed by atoms with Gasteiger partial charge in [-0.2, -0.15) is 0 Å². The number of hydrogen-bond donors (Lipinski definition) is 3. The first-order valence-corrected chi connectivity index (χ1v) is 5.98. The molecule has 1 aromatic rings. The highest BCUT2D eigenvalue weighted by molar-refractivity contribution is 5.92. The van der Waals surface area contributed by atoms with Crippen molar-refractivity contribution in [3.05, 3.63) is 29.8 Å². The number of aliphatic hydroxyl groups is 1. The number of anilines is 1. The zero-order chi connectivity index (χ0) is 12.1. The Morgan fingerprint density at radius 3 is 2.59 bits per heavy atom. The van der Waals surface area contributed by atoms with Gasteiger partial charge in [0.1, 0.15) is 0 Å². The molecule has 0 bridgehead atoms. The summed E-state index contributed by atoms with van der Waals surface area (Å²) in [5.74, 6) is 0.758. The summed E-state index contributed by atoms with van der Waals surface area (Å²) in [5.41, 5.74) is 1.61. The Morgan fingerprint density at radius 2 is 2.00 bits per heavy atom. The maximum atomic E-state index is 11.5. The van der Waals surface area contributed by atoms with Gasteiger partial charge in [0.15, 0.2) is 0 Å². The lowest BCUT2D eigenvalue weighted by Gasteiger charge is -2.06. The Balaban J connectivity index is 1.72. The molecule has 0 atom stereocenters. The quantitative estimate of drug-likeness (QED) is 0.691. The molecular weight excluding hydrogens is 216 g/mol. The average molecular weight is 234 g/mol. The molecule has 4 heteroatoms. The van der Waals surface area contributed by atoms with E-state index < -0.39 is 0 Å². The van der Waals surface area contributed by atoms with Gasteiger partial charge in [0, 0.05) is 5.69 Å². The van der Waals surface area contributed by atoms with Crippen molar-refractivity contribution in [2.24, 2.45) is 5.92 Å². The Bertz CT molecular complexity index is 372. The summed E-state index contributed by atoms with van der Waals surface area (Å²) in [6.07, 6.45) is 2.58. The molecule has 0 radical (unpaired) electrons. The largest absolute Gasteiger partial charge is 0.392 e. The van der Waals surface area contributed by atoms with Crippen LogP contribution in [0.5, 0.6) is 0 Å². The number of rotatable bonds is 6. The minimum atomic E-state index is -0.0256. The monoisotopic (exact) mass is 234 g/mol. The fraction of sp³-hybridized carbons (Fsp3) is 0.462. The SMILES string of the molecule is O=C(CNCC1CC1)Nc1ccc(CO)cc1. The normalized spacial score (nSPS) is 14.6. The first-order valence-electron chi connectivity index (χ1n) is 5.98. The number of hydrogen-bond acceptors (Lipinski definition) is 3. The average Bonchev–Trinajstić information content (AvgIpc) is 3.14. The molecule has 3 N–H and O–H groups in total. The Hall–Kier alpha value is -1.39. The number of benzene rings is 1. The zero-order valence-electron chi connectivity index (χ0n) is 9.78. The van der Waals surface area contributed by atoms with Crippen molar-refractivity contribution in [1.82, 2.24) is 5.32 Å². The smallest absolute Gasteiger partial charge is 0.238 e. The molecule has 0 unspecified atom stereocenters. The van der Waals surface area contributed by atoms with Crippen LogP contribution in [0.3, 0.4) is 0 Å². The van der Waals surface area contributed by atoms with Gasteiger partial charge in [-0.3, -0.25) is 4.79 Å².